The molecular weight excluding hydrogens is 250 g/mol. The molecule has 1 fully saturated rings. The summed E-state index contributed by atoms with van der Waals surface area (Å²) in [6, 6.07) is 7.30. The van der Waals surface area contributed by atoms with Gasteiger partial charge in [-0.3, -0.25) is 4.79 Å². The molecule has 0 aliphatic carbocycles. The van der Waals surface area contributed by atoms with Gasteiger partial charge in [-0.05, 0) is 23.8 Å². The third kappa shape index (κ3) is 2.59. The molecule has 1 aliphatic heterocycles. The van der Waals surface area contributed by atoms with E-state index in [2.05, 4.69) is 5.32 Å². The highest BCUT2D eigenvalue weighted by molar-refractivity contribution is 8.26. The molecule has 1 amide bonds. The summed E-state index contributed by atoms with van der Waals surface area (Å²) in [5.74, 6) is -0.148. The Morgan fingerprint density at radius 1 is 1.47 bits per heavy atom. The summed E-state index contributed by atoms with van der Waals surface area (Å²) in [4.78, 5) is 12.0. The lowest BCUT2D eigenvalue weighted by Crippen LogP contribution is -2.17. The van der Waals surface area contributed by atoms with E-state index in [1.54, 1.807) is 18.2 Å². The van der Waals surface area contributed by atoms with Gasteiger partial charge in [0.15, 0.2) is 0 Å². The van der Waals surface area contributed by atoms with E-state index in [1.165, 1.54) is 11.8 Å². The Morgan fingerprint density at radius 3 is 2.87 bits per heavy atom. The molecule has 1 aliphatic rings. The van der Waals surface area contributed by atoms with Crippen molar-refractivity contribution in [2.24, 2.45) is 0 Å². The van der Waals surface area contributed by atoms with Crippen LogP contribution in [0.1, 0.15) is 5.56 Å². The minimum absolute atomic E-state index is 0.148. The molecule has 15 heavy (non-hydrogen) atoms. The molecule has 2 nitrogen and oxygen atoms in total. The zero-order valence-electron chi connectivity index (χ0n) is 7.49. The fourth-order valence-corrected chi connectivity index (χ4v) is 2.41. The smallest absolute Gasteiger partial charge is 0.263 e. The largest absolute Gasteiger partial charge is 0.307 e. The molecule has 5 heteroatoms. The van der Waals surface area contributed by atoms with E-state index in [-0.39, 0.29) is 5.91 Å². The summed E-state index contributed by atoms with van der Waals surface area (Å²) in [5.41, 5.74) is 0.893. The fourth-order valence-electron chi connectivity index (χ4n) is 1.17. The van der Waals surface area contributed by atoms with Gasteiger partial charge in [0, 0.05) is 5.02 Å². The fraction of sp³-hybridized carbons (Fsp3) is 0. The van der Waals surface area contributed by atoms with Crippen LogP contribution in [-0.4, -0.2) is 10.2 Å². The van der Waals surface area contributed by atoms with Crippen molar-refractivity contribution in [2.45, 2.75) is 0 Å². The van der Waals surface area contributed by atoms with Gasteiger partial charge >= 0.3 is 0 Å². The van der Waals surface area contributed by atoms with Crippen LogP contribution in [-0.2, 0) is 4.79 Å². The normalized spacial score (nSPS) is 18.3. The minimum atomic E-state index is -0.148. The Labute approximate surface area is 102 Å². The van der Waals surface area contributed by atoms with Crippen LogP contribution in [0, 0.1) is 0 Å². The highest BCUT2D eigenvalue weighted by atomic mass is 35.5. The van der Waals surface area contributed by atoms with Crippen molar-refractivity contribution in [3.8, 4) is 0 Å². The van der Waals surface area contributed by atoms with Crippen molar-refractivity contribution in [3.63, 3.8) is 0 Å². The molecule has 76 valence electrons. The number of rotatable bonds is 1. The van der Waals surface area contributed by atoms with Gasteiger partial charge in [-0.1, -0.05) is 47.7 Å². The summed E-state index contributed by atoms with van der Waals surface area (Å²) in [6.07, 6.45) is 1.77. The summed E-state index contributed by atoms with van der Waals surface area (Å²) in [7, 11) is 0. The number of thiocarbonyl (C=S) groups is 1. The number of amides is 1. The van der Waals surface area contributed by atoms with Crippen LogP contribution in [0.3, 0.4) is 0 Å². The van der Waals surface area contributed by atoms with Gasteiger partial charge in [0.1, 0.15) is 4.32 Å². The van der Waals surface area contributed by atoms with Crippen LogP contribution in [0.4, 0.5) is 0 Å². The lowest BCUT2D eigenvalue weighted by Gasteiger charge is -1.95. The zero-order valence-corrected chi connectivity index (χ0v) is 9.88. The third-order valence-electron chi connectivity index (χ3n) is 1.79. The Bertz CT molecular complexity index is 470. The van der Waals surface area contributed by atoms with Crippen molar-refractivity contribution >= 4 is 51.9 Å². The predicted octanol–water partition coefficient (Wildman–Crippen LogP) is 2.83. The van der Waals surface area contributed by atoms with Gasteiger partial charge in [-0.15, -0.1) is 0 Å². The van der Waals surface area contributed by atoms with Crippen molar-refractivity contribution in [3.05, 3.63) is 39.8 Å². The summed E-state index contributed by atoms with van der Waals surface area (Å²) in [5, 5.41) is 3.20. The monoisotopic (exact) mass is 255 g/mol. The van der Waals surface area contributed by atoms with Crippen molar-refractivity contribution < 1.29 is 4.79 Å². The van der Waals surface area contributed by atoms with E-state index in [0.717, 1.165) is 5.56 Å². The van der Waals surface area contributed by atoms with E-state index in [9.17, 15) is 4.79 Å². The first-order chi connectivity index (χ1) is 7.15. The molecule has 0 aromatic heterocycles. The lowest BCUT2D eigenvalue weighted by atomic mass is 10.2. The Morgan fingerprint density at radius 2 is 2.27 bits per heavy atom. The number of hydrogen-bond acceptors (Lipinski definition) is 3. The summed E-state index contributed by atoms with van der Waals surface area (Å²) in [6.45, 7) is 0. The quantitative estimate of drug-likeness (QED) is 0.618. The molecule has 1 aromatic rings. The topological polar surface area (TPSA) is 29.1 Å². The van der Waals surface area contributed by atoms with Gasteiger partial charge in [-0.2, -0.15) is 0 Å². The SMILES string of the molecule is O=C1NC(=S)S/C1=C/c1cccc(Cl)c1. The van der Waals surface area contributed by atoms with Crippen LogP contribution in [0.15, 0.2) is 29.2 Å². The molecule has 0 unspecified atom stereocenters. The second kappa shape index (κ2) is 4.35. The number of halogens is 1. The van der Waals surface area contributed by atoms with Crippen LogP contribution < -0.4 is 5.32 Å². The van der Waals surface area contributed by atoms with E-state index in [4.69, 9.17) is 23.8 Å². The molecule has 1 heterocycles. The van der Waals surface area contributed by atoms with Gasteiger partial charge in [0.2, 0.25) is 0 Å². The van der Waals surface area contributed by atoms with E-state index < -0.39 is 0 Å². The van der Waals surface area contributed by atoms with Crippen molar-refractivity contribution in [1.29, 1.82) is 0 Å². The Kier molecular flexibility index (Phi) is 3.09. The average Bonchev–Trinajstić information content (AvgIpc) is 2.45. The van der Waals surface area contributed by atoms with Crippen LogP contribution in [0.2, 0.25) is 5.02 Å². The molecular formula is C10H6ClNOS2. The van der Waals surface area contributed by atoms with Gasteiger partial charge in [-0.25, -0.2) is 0 Å². The predicted molar refractivity (Wildman–Crippen MR) is 67.8 cm³/mol. The Hall–Kier alpha value is -0.840. The van der Waals surface area contributed by atoms with Gasteiger partial charge in [0.25, 0.3) is 5.91 Å². The molecule has 2 rings (SSSR count). The molecule has 0 atom stereocenters. The van der Waals surface area contributed by atoms with Gasteiger partial charge < -0.3 is 5.32 Å². The Balaban J connectivity index is 2.31. The first-order valence-corrected chi connectivity index (χ1v) is 5.76. The standard InChI is InChI=1S/C10H6ClNOS2/c11-7-3-1-2-6(4-7)5-8-9(13)12-10(14)15-8/h1-5H,(H,12,13,14)/b8-5+. The number of carbonyl (C=O) groups excluding carboxylic acids is 1. The number of nitrogens with one attached hydrogen (secondary N) is 1. The molecule has 0 bridgehead atoms. The van der Waals surface area contributed by atoms with E-state index in [1.807, 2.05) is 12.1 Å². The first-order valence-electron chi connectivity index (χ1n) is 4.15. The van der Waals surface area contributed by atoms with Crippen LogP contribution in [0.5, 0.6) is 0 Å². The average molecular weight is 256 g/mol. The van der Waals surface area contributed by atoms with Crippen LogP contribution >= 0.6 is 35.6 Å². The maximum atomic E-state index is 11.4. The van der Waals surface area contributed by atoms with Crippen molar-refractivity contribution in [2.75, 3.05) is 0 Å². The second-order valence-corrected chi connectivity index (χ2v) is 5.06. The number of benzene rings is 1. The maximum Gasteiger partial charge on any atom is 0.263 e. The van der Waals surface area contributed by atoms with Gasteiger partial charge in [0.05, 0.1) is 4.91 Å². The molecule has 1 saturated heterocycles. The zero-order chi connectivity index (χ0) is 10.8. The van der Waals surface area contributed by atoms with E-state index >= 15 is 0 Å². The molecule has 1 aromatic carbocycles. The number of carbonyl (C=O) groups is 1. The minimum Gasteiger partial charge on any atom is -0.307 e. The summed E-state index contributed by atoms with van der Waals surface area (Å²) < 4.78 is 0.494. The summed E-state index contributed by atoms with van der Waals surface area (Å²) >= 11 is 12.0. The van der Waals surface area contributed by atoms with E-state index in [0.29, 0.717) is 14.2 Å². The number of hydrogen-bond donors (Lipinski definition) is 1. The molecule has 1 N–H and O–H groups in total. The third-order valence-corrected chi connectivity index (χ3v) is 3.19. The highest BCUT2D eigenvalue weighted by Crippen LogP contribution is 2.26. The van der Waals surface area contributed by atoms with Crippen LogP contribution in [0.25, 0.3) is 6.08 Å². The molecule has 0 radical (unpaired) electrons. The number of thioether (sulfide) groups is 1. The molecule has 0 spiro atoms. The highest BCUT2D eigenvalue weighted by Gasteiger charge is 2.21. The molecule has 0 saturated carbocycles. The lowest BCUT2D eigenvalue weighted by molar-refractivity contribution is -0.115. The second-order valence-electron chi connectivity index (χ2n) is 2.91. The first kappa shape index (κ1) is 10.7. The maximum absolute atomic E-state index is 11.4. The van der Waals surface area contributed by atoms with Crippen molar-refractivity contribution in [1.82, 2.24) is 5.32 Å².